The van der Waals surface area contributed by atoms with Gasteiger partial charge in [0.1, 0.15) is 5.76 Å². The lowest BCUT2D eigenvalue weighted by Crippen LogP contribution is -2.27. The topological polar surface area (TPSA) is 48.4 Å². The molecule has 15 heavy (non-hydrogen) atoms. The largest absolute Gasteiger partial charge is 0.453 e. The van der Waals surface area contributed by atoms with Crippen LogP contribution in [0.2, 0.25) is 0 Å². The van der Waals surface area contributed by atoms with Gasteiger partial charge in [-0.05, 0) is 46.8 Å². The third kappa shape index (κ3) is 3.21. The summed E-state index contributed by atoms with van der Waals surface area (Å²) in [5.41, 5.74) is 6.11. The van der Waals surface area contributed by atoms with Crippen molar-refractivity contribution < 1.29 is 9.15 Å². The third-order valence-corrected chi connectivity index (χ3v) is 3.12. The van der Waals surface area contributed by atoms with E-state index in [2.05, 4.69) is 15.9 Å². The highest BCUT2D eigenvalue weighted by molar-refractivity contribution is 9.10. The Balaban J connectivity index is 0.00000112. The Morgan fingerprint density at radius 3 is 2.53 bits per heavy atom. The maximum atomic E-state index is 6.11. The lowest BCUT2D eigenvalue weighted by Gasteiger charge is -2.26. The fourth-order valence-electron chi connectivity index (χ4n) is 1.81. The van der Waals surface area contributed by atoms with Gasteiger partial charge >= 0.3 is 0 Å². The number of nitrogens with two attached hydrogens (primary N) is 1. The molecule has 1 saturated heterocycles. The van der Waals surface area contributed by atoms with Crippen molar-refractivity contribution in [2.24, 2.45) is 11.7 Å². The maximum absolute atomic E-state index is 6.11. The molecule has 1 aromatic rings. The van der Waals surface area contributed by atoms with Crippen LogP contribution in [0.15, 0.2) is 21.2 Å². The predicted octanol–water partition coefficient (Wildman–Crippen LogP) is 2.89. The van der Waals surface area contributed by atoms with E-state index in [4.69, 9.17) is 14.9 Å². The zero-order valence-electron chi connectivity index (χ0n) is 8.32. The predicted molar refractivity (Wildman–Crippen MR) is 64.1 cm³/mol. The summed E-state index contributed by atoms with van der Waals surface area (Å²) in [6.45, 7) is 1.64. The Kier molecular flexibility index (Phi) is 5.12. The second-order valence-corrected chi connectivity index (χ2v) is 4.40. The fourth-order valence-corrected chi connectivity index (χ4v) is 2.13. The number of ether oxygens (including phenoxy) is 1. The minimum absolute atomic E-state index is 0. The highest BCUT2D eigenvalue weighted by Crippen LogP contribution is 2.30. The molecule has 0 amide bonds. The molecule has 0 radical (unpaired) electrons. The van der Waals surface area contributed by atoms with E-state index < -0.39 is 0 Å². The van der Waals surface area contributed by atoms with Crippen LogP contribution in [0.4, 0.5) is 0 Å². The van der Waals surface area contributed by atoms with Crippen LogP contribution in [0.5, 0.6) is 0 Å². The first kappa shape index (κ1) is 13.0. The molecule has 0 aliphatic carbocycles. The zero-order valence-corrected chi connectivity index (χ0v) is 10.7. The van der Waals surface area contributed by atoms with E-state index in [1.807, 2.05) is 12.1 Å². The van der Waals surface area contributed by atoms with E-state index in [9.17, 15) is 0 Å². The first-order valence-corrected chi connectivity index (χ1v) is 5.65. The molecule has 1 aliphatic heterocycles. The SMILES string of the molecule is Cl.N[C@@H](c1ccc(Br)o1)C1CCOCC1. The summed E-state index contributed by atoms with van der Waals surface area (Å²) in [5.74, 6) is 1.35. The van der Waals surface area contributed by atoms with Crippen LogP contribution in [0, 0.1) is 5.92 Å². The van der Waals surface area contributed by atoms with Crippen molar-refractivity contribution in [3.63, 3.8) is 0 Å². The van der Waals surface area contributed by atoms with E-state index in [1.54, 1.807) is 0 Å². The van der Waals surface area contributed by atoms with Crippen molar-refractivity contribution in [1.29, 1.82) is 0 Å². The van der Waals surface area contributed by atoms with Crippen molar-refractivity contribution in [3.8, 4) is 0 Å². The van der Waals surface area contributed by atoms with Gasteiger partial charge in [-0.3, -0.25) is 0 Å². The van der Waals surface area contributed by atoms with Gasteiger partial charge in [-0.1, -0.05) is 0 Å². The molecule has 1 aliphatic rings. The molecule has 0 aromatic carbocycles. The van der Waals surface area contributed by atoms with Gasteiger partial charge in [-0.2, -0.15) is 0 Å². The minimum atomic E-state index is 0. The number of hydrogen-bond donors (Lipinski definition) is 1. The zero-order chi connectivity index (χ0) is 9.97. The Hall–Kier alpha value is -0.0300. The molecule has 1 aromatic heterocycles. The van der Waals surface area contributed by atoms with Gasteiger partial charge in [0.05, 0.1) is 6.04 Å². The smallest absolute Gasteiger partial charge is 0.169 e. The Morgan fingerprint density at radius 2 is 2.00 bits per heavy atom. The highest BCUT2D eigenvalue weighted by atomic mass is 79.9. The van der Waals surface area contributed by atoms with Gasteiger partial charge in [0.25, 0.3) is 0 Å². The fraction of sp³-hybridized carbons (Fsp3) is 0.600. The van der Waals surface area contributed by atoms with Gasteiger partial charge in [-0.25, -0.2) is 0 Å². The molecule has 0 spiro atoms. The van der Waals surface area contributed by atoms with E-state index in [1.165, 1.54) is 0 Å². The van der Waals surface area contributed by atoms with E-state index >= 15 is 0 Å². The van der Waals surface area contributed by atoms with Crippen molar-refractivity contribution >= 4 is 28.3 Å². The summed E-state index contributed by atoms with van der Waals surface area (Å²) in [6, 6.07) is 3.82. The third-order valence-electron chi connectivity index (χ3n) is 2.70. The minimum Gasteiger partial charge on any atom is -0.453 e. The standard InChI is InChI=1S/C10H14BrNO2.ClH/c11-9-2-1-8(14-9)10(12)7-3-5-13-6-4-7;/h1-2,7,10H,3-6,12H2;1H/t10-;/m1./s1. The van der Waals surface area contributed by atoms with Gasteiger partial charge in [0.2, 0.25) is 0 Å². The number of furan rings is 1. The molecule has 2 N–H and O–H groups in total. The van der Waals surface area contributed by atoms with Crippen molar-refractivity contribution in [3.05, 3.63) is 22.6 Å². The van der Waals surface area contributed by atoms with Gasteiger partial charge in [-0.15, -0.1) is 12.4 Å². The summed E-state index contributed by atoms with van der Waals surface area (Å²) < 4.78 is 11.5. The van der Waals surface area contributed by atoms with E-state index in [-0.39, 0.29) is 18.4 Å². The summed E-state index contributed by atoms with van der Waals surface area (Å²) in [7, 11) is 0. The first-order valence-electron chi connectivity index (χ1n) is 4.86. The molecule has 3 nitrogen and oxygen atoms in total. The van der Waals surface area contributed by atoms with Crippen molar-refractivity contribution in [1.82, 2.24) is 0 Å². The van der Waals surface area contributed by atoms with Crippen molar-refractivity contribution in [2.75, 3.05) is 13.2 Å². The molecule has 86 valence electrons. The molecule has 2 heterocycles. The van der Waals surface area contributed by atoms with Crippen LogP contribution in [0.25, 0.3) is 0 Å². The van der Waals surface area contributed by atoms with Crippen LogP contribution in [0.3, 0.4) is 0 Å². The molecular weight excluding hydrogens is 281 g/mol. The highest BCUT2D eigenvalue weighted by Gasteiger charge is 2.24. The molecular formula is C10H15BrClNO2. The second-order valence-electron chi connectivity index (χ2n) is 3.62. The molecule has 1 atom stereocenters. The summed E-state index contributed by atoms with van der Waals surface area (Å²) in [4.78, 5) is 0. The Bertz CT molecular complexity index is 299. The van der Waals surface area contributed by atoms with Crippen LogP contribution in [0.1, 0.15) is 24.6 Å². The molecule has 1 fully saturated rings. The second kappa shape index (κ2) is 5.89. The quantitative estimate of drug-likeness (QED) is 0.913. The van der Waals surface area contributed by atoms with Crippen LogP contribution < -0.4 is 5.73 Å². The van der Waals surface area contributed by atoms with E-state index in [0.717, 1.165) is 36.5 Å². The van der Waals surface area contributed by atoms with Gasteiger partial charge in [0, 0.05) is 13.2 Å². The Labute approximate surface area is 104 Å². The van der Waals surface area contributed by atoms with Crippen LogP contribution in [-0.2, 0) is 4.74 Å². The number of rotatable bonds is 2. The lowest BCUT2D eigenvalue weighted by atomic mass is 9.91. The summed E-state index contributed by atoms with van der Waals surface area (Å²) in [5, 5.41) is 0. The molecule has 0 bridgehead atoms. The average molecular weight is 297 g/mol. The lowest BCUT2D eigenvalue weighted by molar-refractivity contribution is 0.0559. The number of halogens is 2. The monoisotopic (exact) mass is 295 g/mol. The number of hydrogen-bond acceptors (Lipinski definition) is 3. The molecule has 0 unspecified atom stereocenters. The Morgan fingerprint density at radius 1 is 1.33 bits per heavy atom. The summed E-state index contributed by atoms with van der Waals surface area (Å²) >= 11 is 3.28. The van der Waals surface area contributed by atoms with Gasteiger partial charge in [0.15, 0.2) is 4.67 Å². The van der Waals surface area contributed by atoms with Crippen LogP contribution in [-0.4, -0.2) is 13.2 Å². The molecule has 2 rings (SSSR count). The van der Waals surface area contributed by atoms with Crippen molar-refractivity contribution in [2.45, 2.75) is 18.9 Å². The van der Waals surface area contributed by atoms with Crippen LogP contribution >= 0.6 is 28.3 Å². The first-order chi connectivity index (χ1) is 6.77. The summed E-state index contributed by atoms with van der Waals surface area (Å²) in [6.07, 6.45) is 2.05. The average Bonchev–Trinajstić information content (AvgIpc) is 2.65. The normalized spacial score (nSPS) is 19.6. The van der Waals surface area contributed by atoms with E-state index in [0.29, 0.717) is 5.92 Å². The van der Waals surface area contributed by atoms with Gasteiger partial charge < -0.3 is 14.9 Å². The molecule has 5 heteroatoms. The maximum Gasteiger partial charge on any atom is 0.169 e. The molecule has 0 saturated carbocycles.